The largest absolute Gasteiger partial charge is 0.162 e. The summed E-state index contributed by atoms with van der Waals surface area (Å²) in [5.41, 5.74) is 3.04. The minimum absolute atomic E-state index is 0.539. The molecule has 0 saturated heterocycles. The molecule has 4 rings (SSSR count). The molecule has 0 nitrogen and oxygen atoms in total. The van der Waals surface area contributed by atoms with Gasteiger partial charge in [0.1, 0.15) is 0 Å². The first-order valence-electron chi connectivity index (χ1n) is 13.0. The van der Waals surface area contributed by atoms with Crippen LogP contribution in [-0.4, -0.2) is 11.5 Å². The molecule has 3 fully saturated rings. The van der Waals surface area contributed by atoms with E-state index in [0.717, 1.165) is 40.8 Å². The second-order valence-electron chi connectivity index (χ2n) is 12.4. The maximum absolute atomic E-state index is 2.76. The summed E-state index contributed by atoms with van der Waals surface area (Å²) in [6.45, 7) is 12.8. The molecule has 29 heavy (non-hydrogen) atoms. The van der Waals surface area contributed by atoms with Crippen LogP contribution in [-0.2, 0) is 0 Å². The molecule has 0 aromatic rings. The standard InChI is InChI=1S/C28H48S/c1-19(2)8-7-9-20(3)24-12-13-25-23-11-10-21-18-22(29-6)14-16-27(21,4)26(23)15-17-28(24,25)5/h10,19-20,22-26H,7-9,11-18H2,1-6H3/t20-,22?,23+,24-,25+,26+,27+,28-/m1/s1. The van der Waals surface area contributed by atoms with Crippen LogP contribution in [0.3, 0.4) is 0 Å². The summed E-state index contributed by atoms with van der Waals surface area (Å²) < 4.78 is 0. The molecule has 3 saturated carbocycles. The lowest BCUT2D eigenvalue weighted by molar-refractivity contribution is -0.0497. The highest BCUT2D eigenvalue weighted by Crippen LogP contribution is 2.67. The molecule has 166 valence electrons. The average Bonchev–Trinajstić information content (AvgIpc) is 3.04. The number of thioether (sulfide) groups is 1. The molecule has 0 aromatic carbocycles. The summed E-state index contributed by atoms with van der Waals surface area (Å²) in [5.74, 6) is 5.77. The van der Waals surface area contributed by atoms with Gasteiger partial charge in [-0.2, -0.15) is 11.8 Å². The van der Waals surface area contributed by atoms with Gasteiger partial charge in [0.15, 0.2) is 0 Å². The first-order chi connectivity index (χ1) is 13.8. The van der Waals surface area contributed by atoms with Crippen molar-refractivity contribution in [3.8, 4) is 0 Å². The van der Waals surface area contributed by atoms with Crippen molar-refractivity contribution in [1.82, 2.24) is 0 Å². The molecule has 0 radical (unpaired) electrons. The van der Waals surface area contributed by atoms with Crippen LogP contribution in [0, 0.1) is 46.3 Å². The molecular weight excluding hydrogens is 368 g/mol. The van der Waals surface area contributed by atoms with E-state index in [1.165, 1.54) is 70.6 Å². The Morgan fingerprint density at radius 3 is 2.52 bits per heavy atom. The van der Waals surface area contributed by atoms with Gasteiger partial charge in [0.25, 0.3) is 0 Å². The number of fused-ring (bicyclic) bond motifs is 5. The molecule has 1 heteroatoms. The highest BCUT2D eigenvalue weighted by atomic mass is 32.2. The zero-order valence-corrected chi connectivity index (χ0v) is 21.1. The summed E-state index contributed by atoms with van der Waals surface area (Å²) in [7, 11) is 0. The van der Waals surface area contributed by atoms with E-state index in [9.17, 15) is 0 Å². The lowest BCUT2D eigenvalue weighted by Gasteiger charge is -2.58. The SMILES string of the molecule is CSC1CC[C@@]2(C)C(=CC[C@H]3[C@@H]4CC[C@H]([C@H](C)CCCC(C)C)[C@@]4(C)CC[C@@H]32)C1. The second-order valence-corrected chi connectivity index (χ2v) is 13.5. The Bertz CT molecular complexity index is 605. The number of allylic oxidation sites excluding steroid dienone is 2. The van der Waals surface area contributed by atoms with Crippen molar-refractivity contribution in [3.63, 3.8) is 0 Å². The molecular formula is C28H48S. The summed E-state index contributed by atoms with van der Waals surface area (Å²) in [4.78, 5) is 0. The molecule has 8 atom stereocenters. The fraction of sp³-hybridized carbons (Fsp3) is 0.929. The van der Waals surface area contributed by atoms with Crippen molar-refractivity contribution >= 4 is 11.8 Å². The third kappa shape index (κ3) is 3.89. The highest BCUT2D eigenvalue weighted by molar-refractivity contribution is 7.99. The van der Waals surface area contributed by atoms with Crippen molar-refractivity contribution in [2.45, 2.75) is 110 Å². The first kappa shape index (κ1) is 22.3. The molecule has 4 aliphatic rings. The Morgan fingerprint density at radius 1 is 1.00 bits per heavy atom. The van der Waals surface area contributed by atoms with Crippen LogP contribution in [0.5, 0.6) is 0 Å². The number of hydrogen-bond acceptors (Lipinski definition) is 1. The average molecular weight is 417 g/mol. The molecule has 0 heterocycles. The minimum Gasteiger partial charge on any atom is -0.162 e. The lowest BCUT2D eigenvalue weighted by atomic mass is 9.47. The Hall–Kier alpha value is 0.0900. The second kappa shape index (κ2) is 8.55. The van der Waals surface area contributed by atoms with Crippen molar-refractivity contribution in [3.05, 3.63) is 11.6 Å². The van der Waals surface area contributed by atoms with Crippen molar-refractivity contribution in [2.75, 3.05) is 6.26 Å². The van der Waals surface area contributed by atoms with E-state index >= 15 is 0 Å². The monoisotopic (exact) mass is 416 g/mol. The van der Waals surface area contributed by atoms with Gasteiger partial charge in [-0.3, -0.25) is 0 Å². The molecule has 0 aliphatic heterocycles. The third-order valence-corrected chi connectivity index (χ3v) is 11.7. The number of hydrogen-bond donors (Lipinski definition) is 0. The Morgan fingerprint density at radius 2 is 1.79 bits per heavy atom. The molecule has 0 amide bonds. The van der Waals surface area contributed by atoms with Crippen LogP contribution >= 0.6 is 11.8 Å². The van der Waals surface area contributed by atoms with Crippen LogP contribution in [0.2, 0.25) is 0 Å². The molecule has 4 aliphatic carbocycles. The van der Waals surface area contributed by atoms with E-state index in [0.29, 0.717) is 10.8 Å². The molecule has 0 N–H and O–H groups in total. The van der Waals surface area contributed by atoms with E-state index in [2.05, 4.69) is 58.7 Å². The number of rotatable bonds is 6. The predicted octanol–water partition coefficient (Wildman–Crippen LogP) is 8.76. The molecule has 1 unspecified atom stereocenters. The van der Waals surface area contributed by atoms with Gasteiger partial charge in [-0.1, -0.05) is 65.5 Å². The normalized spacial score (nSPS) is 45.3. The zero-order chi connectivity index (χ0) is 20.8. The lowest BCUT2D eigenvalue weighted by Crippen LogP contribution is -2.50. The van der Waals surface area contributed by atoms with Crippen LogP contribution in [0.25, 0.3) is 0 Å². The zero-order valence-electron chi connectivity index (χ0n) is 20.3. The van der Waals surface area contributed by atoms with E-state index in [-0.39, 0.29) is 0 Å². The van der Waals surface area contributed by atoms with Gasteiger partial charge >= 0.3 is 0 Å². The fourth-order valence-electron chi connectivity index (χ4n) is 8.85. The van der Waals surface area contributed by atoms with Gasteiger partial charge in [0.2, 0.25) is 0 Å². The fourth-order valence-corrected chi connectivity index (χ4v) is 9.55. The Labute approximate surface area is 186 Å². The van der Waals surface area contributed by atoms with Gasteiger partial charge < -0.3 is 0 Å². The van der Waals surface area contributed by atoms with Gasteiger partial charge in [0, 0.05) is 5.25 Å². The quantitative estimate of drug-likeness (QED) is 0.390. The van der Waals surface area contributed by atoms with Crippen molar-refractivity contribution in [1.29, 1.82) is 0 Å². The van der Waals surface area contributed by atoms with Crippen LogP contribution < -0.4 is 0 Å². The van der Waals surface area contributed by atoms with E-state index in [1.54, 1.807) is 0 Å². The summed E-state index contributed by atoms with van der Waals surface area (Å²) in [6.07, 6.45) is 21.2. The van der Waals surface area contributed by atoms with E-state index < -0.39 is 0 Å². The van der Waals surface area contributed by atoms with Crippen LogP contribution in [0.15, 0.2) is 11.6 Å². The van der Waals surface area contributed by atoms with Gasteiger partial charge in [-0.05, 0) is 104 Å². The first-order valence-corrected chi connectivity index (χ1v) is 14.3. The van der Waals surface area contributed by atoms with Gasteiger partial charge in [0.05, 0.1) is 0 Å². The summed E-state index contributed by atoms with van der Waals surface area (Å²) in [5, 5.41) is 0.891. The predicted molar refractivity (Wildman–Crippen MR) is 130 cm³/mol. The maximum Gasteiger partial charge on any atom is 0.00819 e. The summed E-state index contributed by atoms with van der Waals surface area (Å²) >= 11 is 2.12. The van der Waals surface area contributed by atoms with Crippen LogP contribution in [0.1, 0.15) is 105 Å². The molecule has 0 aromatic heterocycles. The molecule has 0 spiro atoms. The Kier molecular flexibility index (Phi) is 6.57. The van der Waals surface area contributed by atoms with E-state index in [1.807, 2.05) is 5.57 Å². The topological polar surface area (TPSA) is 0 Å². The van der Waals surface area contributed by atoms with Crippen molar-refractivity contribution in [2.24, 2.45) is 46.3 Å². The summed E-state index contributed by atoms with van der Waals surface area (Å²) in [6, 6.07) is 0. The minimum atomic E-state index is 0.539. The third-order valence-electron chi connectivity index (χ3n) is 10.6. The maximum atomic E-state index is 2.76. The Balaban J connectivity index is 1.48. The van der Waals surface area contributed by atoms with Crippen molar-refractivity contribution < 1.29 is 0 Å². The highest BCUT2D eigenvalue weighted by Gasteiger charge is 2.59. The molecule has 0 bridgehead atoms. The van der Waals surface area contributed by atoms with Gasteiger partial charge in [-0.15, -0.1) is 0 Å². The van der Waals surface area contributed by atoms with Gasteiger partial charge in [-0.25, -0.2) is 0 Å². The smallest absolute Gasteiger partial charge is 0.00819 e. The van der Waals surface area contributed by atoms with Crippen LogP contribution in [0.4, 0.5) is 0 Å². The van der Waals surface area contributed by atoms with E-state index in [4.69, 9.17) is 0 Å².